The van der Waals surface area contributed by atoms with Gasteiger partial charge in [-0.2, -0.15) is 18.3 Å². The standard InChI is InChI=1S/C23H22N4O.C2HF3O2/c28-23(21-10-8-20(9-11-21)19-4-2-1-3-5-19)15-24-14-18-6-12-22(13-7-18)27-17-25-16-26-27;3-2(4,5)1(6)7/h1-13,16-17,23-24,28H,14-15H2;(H,6,7). The number of carboxylic acids is 1. The van der Waals surface area contributed by atoms with Crippen LogP contribution in [0.5, 0.6) is 0 Å². The molecule has 3 N–H and O–H groups in total. The fourth-order valence-electron chi connectivity index (χ4n) is 3.11. The molecule has 7 nitrogen and oxygen atoms in total. The van der Waals surface area contributed by atoms with E-state index in [2.05, 4.69) is 39.7 Å². The number of carboxylic acid groups (broad SMARTS) is 1. The molecule has 0 saturated carbocycles. The highest BCUT2D eigenvalue weighted by atomic mass is 19.4. The van der Waals surface area contributed by atoms with Crippen molar-refractivity contribution in [2.45, 2.75) is 18.8 Å². The van der Waals surface area contributed by atoms with E-state index in [0.717, 1.165) is 22.4 Å². The van der Waals surface area contributed by atoms with Crippen LogP contribution in [-0.4, -0.2) is 43.7 Å². The molecule has 1 unspecified atom stereocenters. The molecule has 0 aliphatic heterocycles. The van der Waals surface area contributed by atoms with Crippen molar-refractivity contribution in [2.24, 2.45) is 0 Å². The van der Waals surface area contributed by atoms with Crippen LogP contribution in [-0.2, 0) is 11.3 Å². The summed E-state index contributed by atoms with van der Waals surface area (Å²) >= 11 is 0. The van der Waals surface area contributed by atoms with Gasteiger partial charge >= 0.3 is 12.1 Å². The Labute approximate surface area is 199 Å². The molecule has 0 aliphatic carbocycles. The van der Waals surface area contributed by atoms with E-state index in [1.807, 2.05) is 54.6 Å². The minimum absolute atomic E-state index is 0.496. The van der Waals surface area contributed by atoms with Crippen LogP contribution in [0, 0.1) is 0 Å². The van der Waals surface area contributed by atoms with Gasteiger partial charge in [0.05, 0.1) is 11.8 Å². The van der Waals surface area contributed by atoms with Gasteiger partial charge in [0.2, 0.25) is 0 Å². The quantitative estimate of drug-likeness (QED) is 0.360. The van der Waals surface area contributed by atoms with Crippen LogP contribution >= 0.6 is 0 Å². The number of aliphatic hydroxyl groups is 1. The number of aliphatic hydroxyl groups excluding tert-OH is 1. The number of hydrogen-bond acceptors (Lipinski definition) is 5. The summed E-state index contributed by atoms with van der Waals surface area (Å²) in [7, 11) is 0. The zero-order valence-electron chi connectivity index (χ0n) is 18.4. The van der Waals surface area contributed by atoms with Crippen molar-refractivity contribution < 1.29 is 28.2 Å². The Hall–Kier alpha value is -4.02. The van der Waals surface area contributed by atoms with Crippen molar-refractivity contribution in [3.8, 4) is 16.8 Å². The van der Waals surface area contributed by atoms with Gasteiger partial charge in [0.1, 0.15) is 12.7 Å². The second-order valence-electron chi connectivity index (χ2n) is 7.44. The van der Waals surface area contributed by atoms with E-state index >= 15 is 0 Å². The summed E-state index contributed by atoms with van der Waals surface area (Å²) in [6.07, 6.45) is -2.44. The summed E-state index contributed by atoms with van der Waals surface area (Å²) in [6.45, 7) is 1.19. The average molecular weight is 484 g/mol. The molecular weight excluding hydrogens is 461 g/mol. The van der Waals surface area contributed by atoms with Gasteiger partial charge in [-0.25, -0.2) is 14.5 Å². The van der Waals surface area contributed by atoms with Crippen LogP contribution in [0.25, 0.3) is 16.8 Å². The summed E-state index contributed by atoms with van der Waals surface area (Å²) in [5.41, 5.74) is 5.36. The van der Waals surface area contributed by atoms with Crippen molar-refractivity contribution in [2.75, 3.05) is 6.54 Å². The van der Waals surface area contributed by atoms with E-state index < -0.39 is 18.2 Å². The second-order valence-corrected chi connectivity index (χ2v) is 7.44. The van der Waals surface area contributed by atoms with Crippen molar-refractivity contribution in [3.63, 3.8) is 0 Å². The molecule has 3 aromatic carbocycles. The first-order valence-corrected chi connectivity index (χ1v) is 10.5. The normalized spacial score (nSPS) is 11.9. The maximum atomic E-state index is 10.6. The number of hydrogen-bond donors (Lipinski definition) is 3. The molecule has 4 rings (SSSR count). The summed E-state index contributed by atoms with van der Waals surface area (Å²) in [4.78, 5) is 12.8. The van der Waals surface area contributed by atoms with E-state index in [0.29, 0.717) is 13.1 Å². The van der Waals surface area contributed by atoms with Gasteiger partial charge in [0, 0.05) is 13.1 Å². The lowest BCUT2D eigenvalue weighted by Crippen LogP contribution is -2.21. The molecule has 10 heteroatoms. The molecule has 1 atom stereocenters. The van der Waals surface area contributed by atoms with Gasteiger partial charge in [-0.15, -0.1) is 0 Å². The lowest BCUT2D eigenvalue weighted by molar-refractivity contribution is -0.192. The van der Waals surface area contributed by atoms with Crippen molar-refractivity contribution >= 4 is 5.97 Å². The molecule has 0 fully saturated rings. The summed E-state index contributed by atoms with van der Waals surface area (Å²) in [5, 5.41) is 25.0. The number of aromatic nitrogens is 3. The molecule has 0 aliphatic rings. The van der Waals surface area contributed by atoms with Crippen LogP contribution in [0.2, 0.25) is 0 Å². The molecule has 0 bridgehead atoms. The number of alkyl halides is 3. The third kappa shape index (κ3) is 7.76. The number of carbonyl (C=O) groups is 1. The van der Waals surface area contributed by atoms with Gasteiger partial charge < -0.3 is 15.5 Å². The molecule has 1 heterocycles. The maximum absolute atomic E-state index is 10.6. The van der Waals surface area contributed by atoms with Crippen LogP contribution < -0.4 is 5.32 Å². The number of halogens is 3. The summed E-state index contributed by atoms with van der Waals surface area (Å²) < 4.78 is 33.5. The van der Waals surface area contributed by atoms with Crippen LogP contribution in [0.4, 0.5) is 13.2 Å². The van der Waals surface area contributed by atoms with E-state index in [1.165, 1.54) is 11.9 Å². The molecule has 35 heavy (non-hydrogen) atoms. The fraction of sp³-hybridized carbons (Fsp3) is 0.160. The number of aliphatic carboxylic acids is 1. The van der Waals surface area contributed by atoms with Crippen molar-refractivity contribution in [1.29, 1.82) is 0 Å². The number of nitrogens with one attached hydrogen (secondary N) is 1. The zero-order valence-corrected chi connectivity index (χ0v) is 18.4. The highest BCUT2D eigenvalue weighted by Crippen LogP contribution is 2.21. The topological polar surface area (TPSA) is 100 Å². The third-order valence-electron chi connectivity index (χ3n) is 4.93. The van der Waals surface area contributed by atoms with Crippen molar-refractivity contribution in [1.82, 2.24) is 20.1 Å². The lowest BCUT2D eigenvalue weighted by Gasteiger charge is -2.13. The van der Waals surface area contributed by atoms with Gasteiger partial charge in [-0.1, -0.05) is 66.7 Å². The van der Waals surface area contributed by atoms with Crippen LogP contribution in [0.1, 0.15) is 17.2 Å². The molecule has 0 saturated heterocycles. The smallest absolute Gasteiger partial charge is 0.475 e. The minimum atomic E-state index is -5.08. The van der Waals surface area contributed by atoms with Crippen LogP contribution in [0.15, 0.2) is 91.5 Å². The number of benzene rings is 3. The predicted molar refractivity (Wildman–Crippen MR) is 124 cm³/mol. The first kappa shape index (κ1) is 25.6. The third-order valence-corrected chi connectivity index (χ3v) is 4.93. The maximum Gasteiger partial charge on any atom is 0.490 e. The Kier molecular flexibility index (Phi) is 8.71. The largest absolute Gasteiger partial charge is 0.490 e. The number of nitrogens with zero attached hydrogens (tertiary/aromatic N) is 3. The number of rotatable bonds is 7. The SMILES string of the molecule is O=C(O)C(F)(F)F.OC(CNCc1ccc(-n2cncn2)cc1)c1ccc(-c2ccccc2)cc1. The molecular formula is C25H23F3N4O3. The molecule has 4 aromatic rings. The Bertz CT molecular complexity index is 1180. The van der Waals surface area contributed by atoms with Gasteiger partial charge in [-0.05, 0) is 34.4 Å². The van der Waals surface area contributed by atoms with Crippen molar-refractivity contribution in [3.05, 3.63) is 103 Å². The second kappa shape index (κ2) is 11.9. The Morgan fingerprint density at radius 1 is 0.943 bits per heavy atom. The predicted octanol–water partition coefficient (Wildman–Crippen LogP) is 4.39. The summed E-state index contributed by atoms with van der Waals surface area (Å²) in [5.74, 6) is -2.76. The molecule has 0 amide bonds. The minimum Gasteiger partial charge on any atom is -0.475 e. The molecule has 0 spiro atoms. The highest BCUT2D eigenvalue weighted by molar-refractivity contribution is 5.73. The monoisotopic (exact) mass is 484 g/mol. The molecule has 1 aromatic heterocycles. The van der Waals surface area contributed by atoms with Gasteiger partial charge in [0.25, 0.3) is 0 Å². The molecule has 182 valence electrons. The first-order chi connectivity index (χ1) is 16.7. The van der Waals surface area contributed by atoms with E-state index in [4.69, 9.17) is 9.90 Å². The van der Waals surface area contributed by atoms with E-state index in [9.17, 15) is 18.3 Å². The highest BCUT2D eigenvalue weighted by Gasteiger charge is 2.38. The Morgan fingerprint density at radius 2 is 1.54 bits per heavy atom. The first-order valence-electron chi connectivity index (χ1n) is 10.5. The van der Waals surface area contributed by atoms with Gasteiger partial charge in [-0.3, -0.25) is 0 Å². The fourth-order valence-corrected chi connectivity index (χ4v) is 3.11. The van der Waals surface area contributed by atoms with E-state index in [1.54, 1.807) is 11.0 Å². The Morgan fingerprint density at radius 3 is 2.09 bits per heavy atom. The van der Waals surface area contributed by atoms with Gasteiger partial charge in [0.15, 0.2) is 0 Å². The molecule has 0 radical (unpaired) electrons. The zero-order chi connectivity index (χ0) is 25.3. The summed E-state index contributed by atoms with van der Waals surface area (Å²) in [6, 6.07) is 26.4. The van der Waals surface area contributed by atoms with Crippen LogP contribution in [0.3, 0.4) is 0 Å². The van der Waals surface area contributed by atoms with E-state index in [-0.39, 0.29) is 0 Å². The Balaban J connectivity index is 0.000000429. The average Bonchev–Trinajstić information content (AvgIpc) is 3.40. The lowest BCUT2D eigenvalue weighted by atomic mass is 10.0.